The lowest BCUT2D eigenvalue weighted by Gasteiger charge is -2.11. The highest BCUT2D eigenvalue weighted by Crippen LogP contribution is 2.04. The smallest absolute Gasteiger partial charge is 0.335 e. The van der Waals surface area contributed by atoms with Crippen molar-refractivity contribution in [2.45, 2.75) is 0 Å². The van der Waals surface area contributed by atoms with Crippen LogP contribution in [0.25, 0.3) is 0 Å². The molecule has 0 spiro atoms. The standard InChI is InChI=1S/C10H12N2O3/c1-12(2)11-9(13)7-3-5-8(6-4-7)10(14)15/h3-6H,1-2H3,(H,11,13)(H,14,15). The summed E-state index contributed by atoms with van der Waals surface area (Å²) in [6.07, 6.45) is 0. The van der Waals surface area contributed by atoms with Crippen molar-refractivity contribution in [3.63, 3.8) is 0 Å². The number of rotatable bonds is 3. The average Bonchev–Trinajstić information content (AvgIpc) is 2.17. The number of nitrogens with one attached hydrogen (secondary N) is 1. The van der Waals surface area contributed by atoms with Gasteiger partial charge in [-0.25, -0.2) is 9.80 Å². The van der Waals surface area contributed by atoms with Gasteiger partial charge >= 0.3 is 5.97 Å². The summed E-state index contributed by atoms with van der Waals surface area (Å²) in [6.45, 7) is 0. The van der Waals surface area contributed by atoms with Crippen LogP contribution in [0.4, 0.5) is 0 Å². The lowest BCUT2D eigenvalue weighted by molar-refractivity contribution is 0.0695. The van der Waals surface area contributed by atoms with Gasteiger partial charge in [0.15, 0.2) is 0 Å². The molecule has 0 saturated heterocycles. The van der Waals surface area contributed by atoms with Crippen LogP contribution in [-0.2, 0) is 0 Å². The zero-order valence-electron chi connectivity index (χ0n) is 8.52. The van der Waals surface area contributed by atoms with Crippen LogP contribution in [-0.4, -0.2) is 36.1 Å². The monoisotopic (exact) mass is 208 g/mol. The Hall–Kier alpha value is -1.88. The number of carboxylic acids is 1. The number of benzene rings is 1. The molecule has 1 amide bonds. The second-order valence-corrected chi connectivity index (χ2v) is 3.22. The van der Waals surface area contributed by atoms with Crippen LogP contribution in [0.1, 0.15) is 20.7 Å². The van der Waals surface area contributed by atoms with Gasteiger partial charge in [0.1, 0.15) is 0 Å². The molecule has 0 atom stereocenters. The molecule has 0 aromatic heterocycles. The van der Waals surface area contributed by atoms with E-state index < -0.39 is 5.97 Å². The summed E-state index contributed by atoms with van der Waals surface area (Å²) in [5, 5.41) is 10.2. The Morgan fingerprint density at radius 1 is 1.13 bits per heavy atom. The molecule has 5 heteroatoms. The molecule has 0 radical (unpaired) electrons. The van der Waals surface area contributed by atoms with Gasteiger partial charge < -0.3 is 5.11 Å². The first-order chi connectivity index (χ1) is 7.00. The van der Waals surface area contributed by atoms with Gasteiger partial charge in [-0.15, -0.1) is 0 Å². The summed E-state index contributed by atoms with van der Waals surface area (Å²) >= 11 is 0. The third-order valence-corrected chi connectivity index (χ3v) is 1.72. The second-order valence-electron chi connectivity index (χ2n) is 3.22. The number of aromatic carboxylic acids is 1. The Bertz CT molecular complexity index is 371. The number of hydrogen-bond donors (Lipinski definition) is 2. The molecule has 5 nitrogen and oxygen atoms in total. The van der Waals surface area contributed by atoms with Crippen LogP contribution in [0.2, 0.25) is 0 Å². The van der Waals surface area contributed by atoms with Gasteiger partial charge in [0.05, 0.1) is 5.56 Å². The number of carbonyl (C=O) groups is 2. The third kappa shape index (κ3) is 3.07. The van der Waals surface area contributed by atoms with E-state index in [-0.39, 0.29) is 11.5 Å². The maximum Gasteiger partial charge on any atom is 0.335 e. The summed E-state index contributed by atoms with van der Waals surface area (Å²) in [5.74, 6) is -1.27. The van der Waals surface area contributed by atoms with Crippen molar-refractivity contribution in [1.82, 2.24) is 10.4 Å². The molecule has 1 rings (SSSR count). The number of hydrazine groups is 1. The van der Waals surface area contributed by atoms with Gasteiger partial charge in [-0.2, -0.15) is 0 Å². The highest BCUT2D eigenvalue weighted by molar-refractivity contribution is 5.95. The molecule has 2 N–H and O–H groups in total. The highest BCUT2D eigenvalue weighted by atomic mass is 16.4. The Kier molecular flexibility index (Phi) is 3.41. The van der Waals surface area contributed by atoms with E-state index in [0.717, 1.165) is 0 Å². The Labute approximate surface area is 87.3 Å². The number of carbonyl (C=O) groups excluding carboxylic acids is 1. The Balaban J connectivity index is 2.80. The van der Waals surface area contributed by atoms with Gasteiger partial charge in [-0.05, 0) is 24.3 Å². The van der Waals surface area contributed by atoms with E-state index in [1.807, 2.05) is 0 Å². The maximum atomic E-state index is 11.4. The molecule has 0 saturated carbocycles. The van der Waals surface area contributed by atoms with Crippen molar-refractivity contribution in [2.75, 3.05) is 14.1 Å². The predicted molar refractivity (Wildman–Crippen MR) is 54.6 cm³/mol. The first-order valence-corrected chi connectivity index (χ1v) is 4.32. The normalized spacial score (nSPS) is 10.1. The van der Waals surface area contributed by atoms with Gasteiger partial charge in [-0.1, -0.05) is 0 Å². The van der Waals surface area contributed by atoms with Gasteiger partial charge in [0.25, 0.3) is 5.91 Å². The molecule has 0 bridgehead atoms. The Morgan fingerprint density at radius 2 is 1.60 bits per heavy atom. The number of hydrogen-bond acceptors (Lipinski definition) is 3. The molecule has 1 aromatic rings. The molecular formula is C10H12N2O3. The second kappa shape index (κ2) is 4.56. The fraction of sp³-hybridized carbons (Fsp3) is 0.200. The first kappa shape index (κ1) is 11.2. The zero-order valence-corrected chi connectivity index (χ0v) is 8.52. The molecule has 15 heavy (non-hydrogen) atoms. The van der Waals surface area contributed by atoms with Crippen LogP contribution in [0, 0.1) is 0 Å². The summed E-state index contributed by atoms with van der Waals surface area (Å²) in [4.78, 5) is 22.0. The van der Waals surface area contributed by atoms with Gasteiger partial charge in [0.2, 0.25) is 0 Å². The zero-order chi connectivity index (χ0) is 11.4. The minimum atomic E-state index is -1.01. The molecule has 0 heterocycles. The van der Waals surface area contributed by atoms with Crippen molar-refractivity contribution < 1.29 is 14.7 Å². The first-order valence-electron chi connectivity index (χ1n) is 4.32. The summed E-state index contributed by atoms with van der Waals surface area (Å²) in [5.41, 5.74) is 3.14. The van der Waals surface area contributed by atoms with E-state index >= 15 is 0 Å². The summed E-state index contributed by atoms with van der Waals surface area (Å²) in [6, 6.07) is 5.74. The maximum absolute atomic E-state index is 11.4. The summed E-state index contributed by atoms with van der Waals surface area (Å²) < 4.78 is 0. The number of carboxylic acid groups (broad SMARTS) is 1. The highest BCUT2D eigenvalue weighted by Gasteiger charge is 2.07. The molecule has 0 fully saturated rings. The molecule has 80 valence electrons. The topological polar surface area (TPSA) is 69.6 Å². The van der Waals surface area contributed by atoms with E-state index in [2.05, 4.69) is 5.43 Å². The fourth-order valence-electron chi connectivity index (χ4n) is 1.03. The van der Waals surface area contributed by atoms with Crippen molar-refractivity contribution in [3.8, 4) is 0 Å². The van der Waals surface area contributed by atoms with Crippen molar-refractivity contribution in [2.24, 2.45) is 0 Å². The van der Waals surface area contributed by atoms with Crippen molar-refractivity contribution >= 4 is 11.9 Å². The predicted octanol–water partition coefficient (Wildman–Crippen LogP) is 0.591. The van der Waals surface area contributed by atoms with Crippen LogP contribution in [0.5, 0.6) is 0 Å². The van der Waals surface area contributed by atoms with E-state index in [1.165, 1.54) is 29.3 Å². The quantitative estimate of drug-likeness (QED) is 0.713. The molecule has 0 unspecified atom stereocenters. The van der Waals surface area contributed by atoms with Crippen LogP contribution in [0.3, 0.4) is 0 Å². The van der Waals surface area contributed by atoms with Crippen molar-refractivity contribution in [1.29, 1.82) is 0 Å². The molecule has 0 aliphatic rings. The summed E-state index contributed by atoms with van der Waals surface area (Å²) in [7, 11) is 3.40. The minimum Gasteiger partial charge on any atom is -0.478 e. The van der Waals surface area contributed by atoms with Gasteiger partial charge in [0, 0.05) is 19.7 Å². The van der Waals surface area contributed by atoms with Crippen molar-refractivity contribution in [3.05, 3.63) is 35.4 Å². The Morgan fingerprint density at radius 3 is 2.00 bits per heavy atom. The van der Waals surface area contributed by atoms with Crippen LogP contribution >= 0.6 is 0 Å². The van der Waals surface area contributed by atoms with Gasteiger partial charge in [-0.3, -0.25) is 10.2 Å². The average molecular weight is 208 g/mol. The lowest BCUT2D eigenvalue weighted by Crippen LogP contribution is -2.36. The number of amides is 1. The van der Waals surface area contributed by atoms with Crippen LogP contribution in [0.15, 0.2) is 24.3 Å². The van der Waals surface area contributed by atoms with E-state index in [1.54, 1.807) is 14.1 Å². The minimum absolute atomic E-state index is 0.163. The SMILES string of the molecule is CN(C)NC(=O)c1ccc(C(=O)O)cc1. The van der Waals surface area contributed by atoms with E-state index in [4.69, 9.17) is 5.11 Å². The lowest BCUT2D eigenvalue weighted by atomic mass is 10.1. The molecular weight excluding hydrogens is 196 g/mol. The molecule has 1 aromatic carbocycles. The van der Waals surface area contributed by atoms with E-state index in [9.17, 15) is 9.59 Å². The van der Waals surface area contributed by atoms with E-state index in [0.29, 0.717) is 5.56 Å². The fourth-order valence-corrected chi connectivity index (χ4v) is 1.03. The number of nitrogens with zero attached hydrogens (tertiary/aromatic N) is 1. The molecule has 0 aliphatic carbocycles. The third-order valence-electron chi connectivity index (χ3n) is 1.72. The largest absolute Gasteiger partial charge is 0.478 e. The molecule has 0 aliphatic heterocycles. The van der Waals surface area contributed by atoms with Crippen LogP contribution < -0.4 is 5.43 Å².